The molecule has 3 rings (SSSR count). The number of benzene rings is 2. The standard InChI is InChI=1S/C21H25F2N3O2/c1-24-20(26-14-21(10-11-21)16-6-4-3-5-7-16)25-13-15-8-9-17(27-2)18(12-15)28-19(22)23/h3-9,12,19H,10-11,13-14H2,1-2H3,(H2,24,25,26). The lowest BCUT2D eigenvalue weighted by Crippen LogP contribution is -2.40. The van der Waals surface area contributed by atoms with Gasteiger partial charge in [-0.05, 0) is 36.1 Å². The van der Waals surface area contributed by atoms with Crippen LogP contribution < -0.4 is 20.1 Å². The van der Waals surface area contributed by atoms with Crippen LogP contribution in [0.5, 0.6) is 11.5 Å². The van der Waals surface area contributed by atoms with Gasteiger partial charge in [-0.2, -0.15) is 8.78 Å². The number of nitrogens with one attached hydrogen (secondary N) is 2. The highest BCUT2D eigenvalue weighted by Crippen LogP contribution is 2.47. The van der Waals surface area contributed by atoms with Gasteiger partial charge in [0.1, 0.15) is 0 Å². The Morgan fingerprint density at radius 3 is 2.46 bits per heavy atom. The molecule has 1 saturated carbocycles. The maximum Gasteiger partial charge on any atom is 0.387 e. The zero-order valence-electron chi connectivity index (χ0n) is 16.0. The van der Waals surface area contributed by atoms with Gasteiger partial charge >= 0.3 is 6.61 Å². The maximum absolute atomic E-state index is 12.6. The Balaban J connectivity index is 1.57. The predicted octanol–water partition coefficient (Wildman–Crippen LogP) is 3.69. The topological polar surface area (TPSA) is 54.9 Å². The molecule has 2 N–H and O–H groups in total. The molecule has 0 aliphatic heterocycles. The van der Waals surface area contributed by atoms with Gasteiger partial charge in [-0.1, -0.05) is 36.4 Å². The quantitative estimate of drug-likeness (QED) is 0.534. The van der Waals surface area contributed by atoms with Crippen molar-refractivity contribution in [3.63, 3.8) is 0 Å². The van der Waals surface area contributed by atoms with Gasteiger partial charge in [0.05, 0.1) is 7.11 Å². The molecule has 2 aromatic rings. The Bertz CT molecular complexity index is 809. The molecule has 0 radical (unpaired) electrons. The summed E-state index contributed by atoms with van der Waals surface area (Å²) in [5.41, 5.74) is 2.28. The fourth-order valence-corrected chi connectivity index (χ4v) is 3.19. The lowest BCUT2D eigenvalue weighted by molar-refractivity contribution is -0.0512. The summed E-state index contributed by atoms with van der Waals surface area (Å²) in [4.78, 5) is 4.25. The van der Waals surface area contributed by atoms with Crippen LogP contribution in [-0.4, -0.2) is 33.3 Å². The summed E-state index contributed by atoms with van der Waals surface area (Å²) in [7, 11) is 3.12. The van der Waals surface area contributed by atoms with E-state index in [0.717, 1.165) is 24.9 Å². The number of ether oxygens (including phenoxy) is 2. The van der Waals surface area contributed by atoms with Gasteiger partial charge in [0.15, 0.2) is 17.5 Å². The third-order valence-electron chi connectivity index (χ3n) is 4.96. The van der Waals surface area contributed by atoms with Crippen LogP contribution in [0.25, 0.3) is 0 Å². The predicted molar refractivity (Wildman–Crippen MR) is 105 cm³/mol. The molecule has 0 unspecified atom stereocenters. The van der Waals surface area contributed by atoms with E-state index >= 15 is 0 Å². The fraction of sp³-hybridized carbons (Fsp3) is 0.381. The monoisotopic (exact) mass is 389 g/mol. The largest absolute Gasteiger partial charge is 0.493 e. The zero-order valence-corrected chi connectivity index (χ0v) is 16.0. The second-order valence-electron chi connectivity index (χ2n) is 6.79. The summed E-state index contributed by atoms with van der Waals surface area (Å²) in [6.45, 7) is -1.69. The number of hydrogen-bond acceptors (Lipinski definition) is 3. The lowest BCUT2D eigenvalue weighted by Gasteiger charge is -2.19. The third kappa shape index (κ3) is 4.91. The van der Waals surface area contributed by atoms with Gasteiger partial charge in [0, 0.05) is 25.6 Å². The maximum atomic E-state index is 12.6. The molecule has 0 heterocycles. The first-order valence-corrected chi connectivity index (χ1v) is 9.18. The molecule has 0 aromatic heterocycles. The number of rotatable bonds is 8. The van der Waals surface area contributed by atoms with Crippen molar-refractivity contribution in [3.05, 3.63) is 59.7 Å². The lowest BCUT2D eigenvalue weighted by atomic mass is 9.96. The van der Waals surface area contributed by atoms with E-state index in [1.54, 1.807) is 19.2 Å². The van der Waals surface area contributed by atoms with Crippen molar-refractivity contribution in [2.24, 2.45) is 4.99 Å². The summed E-state index contributed by atoms with van der Waals surface area (Å²) in [6, 6.07) is 15.4. The Morgan fingerprint density at radius 1 is 1.11 bits per heavy atom. The first-order chi connectivity index (χ1) is 13.6. The number of halogens is 2. The van der Waals surface area contributed by atoms with Crippen LogP contribution in [0.2, 0.25) is 0 Å². The minimum absolute atomic E-state index is 0.0146. The Hall–Kier alpha value is -2.83. The minimum Gasteiger partial charge on any atom is -0.493 e. The number of aliphatic imine (C=N–C) groups is 1. The van der Waals surface area contributed by atoms with Crippen molar-refractivity contribution >= 4 is 5.96 Å². The Morgan fingerprint density at radius 2 is 1.86 bits per heavy atom. The molecule has 0 bridgehead atoms. The number of alkyl halides is 2. The van der Waals surface area contributed by atoms with Crippen LogP contribution in [0.15, 0.2) is 53.5 Å². The highest BCUT2D eigenvalue weighted by atomic mass is 19.3. The van der Waals surface area contributed by atoms with Crippen LogP contribution in [0.1, 0.15) is 24.0 Å². The molecule has 150 valence electrons. The number of hydrogen-bond donors (Lipinski definition) is 2. The summed E-state index contributed by atoms with van der Waals surface area (Å²) < 4.78 is 34.7. The molecular formula is C21H25F2N3O2. The summed E-state index contributed by atoms with van der Waals surface area (Å²) in [5.74, 6) is 0.945. The first-order valence-electron chi connectivity index (χ1n) is 9.18. The number of guanidine groups is 1. The molecular weight excluding hydrogens is 364 g/mol. The molecule has 5 nitrogen and oxygen atoms in total. The summed E-state index contributed by atoms with van der Waals surface area (Å²) in [5, 5.41) is 6.58. The summed E-state index contributed by atoms with van der Waals surface area (Å²) in [6.07, 6.45) is 2.29. The van der Waals surface area contributed by atoms with Gasteiger partial charge in [-0.3, -0.25) is 4.99 Å². The van der Waals surface area contributed by atoms with E-state index in [4.69, 9.17) is 4.74 Å². The van der Waals surface area contributed by atoms with Crippen molar-refractivity contribution in [3.8, 4) is 11.5 Å². The molecule has 28 heavy (non-hydrogen) atoms. The molecule has 0 atom stereocenters. The van der Waals surface area contributed by atoms with E-state index in [0.29, 0.717) is 12.5 Å². The average molecular weight is 389 g/mol. The Kier molecular flexibility index (Phi) is 6.34. The van der Waals surface area contributed by atoms with Crippen molar-refractivity contribution in [2.75, 3.05) is 20.7 Å². The van der Waals surface area contributed by atoms with Crippen LogP contribution >= 0.6 is 0 Å². The van der Waals surface area contributed by atoms with Gasteiger partial charge in [0.2, 0.25) is 0 Å². The van der Waals surface area contributed by atoms with Crippen LogP contribution in [-0.2, 0) is 12.0 Å². The van der Waals surface area contributed by atoms with Crippen LogP contribution in [0, 0.1) is 0 Å². The molecule has 2 aromatic carbocycles. The van der Waals surface area contributed by atoms with Crippen molar-refractivity contribution in [2.45, 2.75) is 31.4 Å². The van der Waals surface area contributed by atoms with Crippen LogP contribution in [0.4, 0.5) is 8.78 Å². The van der Waals surface area contributed by atoms with Gasteiger partial charge in [-0.25, -0.2) is 0 Å². The highest BCUT2D eigenvalue weighted by molar-refractivity contribution is 5.79. The SMILES string of the molecule is CN=C(NCc1ccc(OC)c(OC(F)F)c1)NCC1(c2ccccc2)CC1. The molecule has 1 aliphatic rings. The van der Waals surface area contributed by atoms with Gasteiger partial charge in [0.25, 0.3) is 0 Å². The second-order valence-corrected chi connectivity index (χ2v) is 6.79. The van der Waals surface area contributed by atoms with Gasteiger partial charge in [-0.15, -0.1) is 0 Å². The molecule has 0 spiro atoms. The van der Waals surface area contributed by atoms with E-state index in [1.807, 2.05) is 6.07 Å². The molecule has 7 heteroatoms. The van der Waals surface area contributed by atoms with E-state index in [2.05, 4.69) is 44.6 Å². The fourth-order valence-electron chi connectivity index (χ4n) is 3.19. The van der Waals surface area contributed by atoms with Crippen molar-refractivity contribution < 1.29 is 18.3 Å². The molecule has 1 fully saturated rings. The second kappa shape index (κ2) is 8.91. The van der Waals surface area contributed by atoms with E-state index < -0.39 is 6.61 Å². The van der Waals surface area contributed by atoms with Crippen molar-refractivity contribution in [1.82, 2.24) is 10.6 Å². The highest BCUT2D eigenvalue weighted by Gasteiger charge is 2.43. The molecule has 1 aliphatic carbocycles. The number of nitrogens with zero attached hydrogens (tertiary/aromatic N) is 1. The first kappa shape index (κ1) is 19.9. The Labute approximate surface area is 163 Å². The molecule has 0 amide bonds. The van der Waals surface area contributed by atoms with Crippen molar-refractivity contribution in [1.29, 1.82) is 0 Å². The third-order valence-corrected chi connectivity index (χ3v) is 4.96. The van der Waals surface area contributed by atoms with E-state index in [1.165, 1.54) is 18.7 Å². The smallest absolute Gasteiger partial charge is 0.387 e. The zero-order chi connectivity index (χ0) is 20.0. The molecule has 0 saturated heterocycles. The van der Waals surface area contributed by atoms with Crippen LogP contribution in [0.3, 0.4) is 0 Å². The summed E-state index contributed by atoms with van der Waals surface area (Å²) >= 11 is 0. The minimum atomic E-state index is -2.90. The number of methoxy groups -OCH3 is 1. The normalized spacial score (nSPS) is 15.2. The van der Waals surface area contributed by atoms with E-state index in [9.17, 15) is 8.78 Å². The average Bonchev–Trinajstić information content (AvgIpc) is 3.50. The van der Waals surface area contributed by atoms with E-state index in [-0.39, 0.29) is 16.9 Å². The van der Waals surface area contributed by atoms with Gasteiger partial charge < -0.3 is 20.1 Å².